The number of methoxy groups -OCH3 is 1. The first kappa shape index (κ1) is 16.6. The molecule has 0 bridgehead atoms. The summed E-state index contributed by atoms with van der Waals surface area (Å²) in [6.07, 6.45) is 0.127. The van der Waals surface area contributed by atoms with Gasteiger partial charge in [0.05, 0.1) is 24.4 Å². The Bertz CT molecular complexity index is 527. The van der Waals surface area contributed by atoms with Crippen LogP contribution in [0.1, 0.15) is 12.5 Å². The molecular weight excluding hydrogens is 276 g/mol. The average molecular weight is 294 g/mol. The first-order valence-electron chi connectivity index (χ1n) is 6.40. The Hall–Kier alpha value is -2.44. The molecule has 0 aliphatic heterocycles. The number of rotatable bonds is 6. The van der Waals surface area contributed by atoms with Crippen molar-refractivity contribution in [3.05, 3.63) is 39.9 Å². The maximum Gasteiger partial charge on any atom is 0.310 e. The van der Waals surface area contributed by atoms with Gasteiger partial charge in [0.25, 0.3) is 5.69 Å². The first-order valence-corrected chi connectivity index (χ1v) is 6.40. The number of hydrogen-bond acceptors (Lipinski definition) is 5. The molecule has 7 heteroatoms. The molecule has 0 spiro atoms. The van der Waals surface area contributed by atoms with E-state index in [2.05, 4.69) is 4.74 Å². The van der Waals surface area contributed by atoms with E-state index in [1.807, 2.05) is 0 Å². The summed E-state index contributed by atoms with van der Waals surface area (Å²) in [5, 5.41) is 10.5. The van der Waals surface area contributed by atoms with Crippen LogP contribution >= 0.6 is 0 Å². The van der Waals surface area contributed by atoms with Gasteiger partial charge in [-0.15, -0.1) is 0 Å². The summed E-state index contributed by atoms with van der Waals surface area (Å²) in [5.74, 6) is -0.939. The number of benzene rings is 1. The highest BCUT2D eigenvalue weighted by Gasteiger charge is 2.19. The quantitative estimate of drug-likeness (QED) is 0.449. The molecule has 1 aromatic carbocycles. The van der Waals surface area contributed by atoms with E-state index in [1.54, 1.807) is 26.1 Å². The van der Waals surface area contributed by atoms with E-state index in [0.717, 1.165) is 0 Å². The fraction of sp³-hybridized carbons (Fsp3) is 0.429. The van der Waals surface area contributed by atoms with E-state index >= 15 is 0 Å². The predicted octanol–water partition coefficient (Wildman–Crippen LogP) is 1.40. The van der Waals surface area contributed by atoms with E-state index in [9.17, 15) is 19.7 Å². The number of nitro groups is 1. The van der Waals surface area contributed by atoms with Crippen LogP contribution < -0.4 is 0 Å². The molecule has 1 amide bonds. The predicted molar refractivity (Wildman–Crippen MR) is 75.6 cm³/mol. The first-order chi connectivity index (χ1) is 9.85. The van der Waals surface area contributed by atoms with Gasteiger partial charge in [-0.3, -0.25) is 19.7 Å². The zero-order valence-corrected chi connectivity index (χ0v) is 12.2. The number of hydrogen-bond donors (Lipinski definition) is 0. The molecule has 21 heavy (non-hydrogen) atoms. The molecule has 0 N–H and O–H groups in total. The number of esters is 1. The van der Waals surface area contributed by atoms with Gasteiger partial charge in [0, 0.05) is 25.7 Å². The average Bonchev–Trinajstić information content (AvgIpc) is 2.46. The minimum atomic E-state index is -0.490. The smallest absolute Gasteiger partial charge is 0.310 e. The minimum Gasteiger partial charge on any atom is -0.469 e. The van der Waals surface area contributed by atoms with Crippen molar-refractivity contribution < 1.29 is 19.2 Å². The number of carbonyl (C=O) groups excluding carboxylic acids is 2. The number of amides is 1. The third kappa shape index (κ3) is 4.87. The van der Waals surface area contributed by atoms with Crippen LogP contribution in [0.25, 0.3) is 0 Å². The maximum absolute atomic E-state index is 12.0. The Labute approximate surface area is 122 Å². The molecule has 0 aliphatic carbocycles. The molecule has 0 radical (unpaired) electrons. The molecule has 7 nitrogen and oxygen atoms in total. The van der Waals surface area contributed by atoms with Crippen LogP contribution in [-0.2, 0) is 20.7 Å². The molecular formula is C14H18N2O5. The monoisotopic (exact) mass is 294 g/mol. The van der Waals surface area contributed by atoms with Crippen LogP contribution in [0.4, 0.5) is 5.69 Å². The number of nitrogens with zero attached hydrogens (tertiary/aromatic N) is 2. The van der Waals surface area contributed by atoms with Crippen LogP contribution in [0.3, 0.4) is 0 Å². The zero-order chi connectivity index (χ0) is 16.0. The van der Waals surface area contributed by atoms with Gasteiger partial charge < -0.3 is 9.64 Å². The Kier molecular flexibility index (Phi) is 5.83. The topological polar surface area (TPSA) is 89.8 Å². The Morgan fingerprint density at radius 3 is 2.38 bits per heavy atom. The molecule has 0 aromatic heterocycles. The Morgan fingerprint density at radius 1 is 1.33 bits per heavy atom. The SMILES string of the molecule is COC(=O)C(C)CN(C)C(=O)Cc1ccc([N+](=O)[O-])cc1. The normalized spacial score (nSPS) is 11.6. The van der Waals surface area contributed by atoms with Gasteiger partial charge in [-0.2, -0.15) is 0 Å². The second kappa shape index (κ2) is 7.37. The van der Waals surface area contributed by atoms with Gasteiger partial charge in [0.15, 0.2) is 0 Å². The van der Waals surface area contributed by atoms with Crippen LogP contribution in [0.15, 0.2) is 24.3 Å². The molecule has 114 valence electrons. The van der Waals surface area contributed by atoms with Gasteiger partial charge in [-0.1, -0.05) is 19.1 Å². The van der Waals surface area contributed by atoms with Crippen LogP contribution in [0.2, 0.25) is 0 Å². The van der Waals surface area contributed by atoms with Crippen molar-refractivity contribution in [1.82, 2.24) is 4.90 Å². The fourth-order valence-electron chi connectivity index (χ4n) is 1.83. The van der Waals surface area contributed by atoms with Crippen molar-refractivity contribution in [1.29, 1.82) is 0 Å². The third-order valence-corrected chi connectivity index (χ3v) is 3.08. The molecule has 1 aromatic rings. The van der Waals surface area contributed by atoms with Crippen LogP contribution in [0.5, 0.6) is 0 Å². The number of carbonyl (C=O) groups is 2. The molecule has 0 saturated carbocycles. The second-order valence-corrected chi connectivity index (χ2v) is 4.80. The van der Waals surface area contributed by atoms with E-state index in [0.29, 0.717) is 5.56 Å². The number of likely N-dealkylation sites (N-methyl/N-ethyl adjacent to an activating group) is 1. The zero-order valence-electron chi connectivity index (χ0n) is 12.2. The van der Waals surface area contributed by atoms with Crippen molar-refractivity contribution >= 4 is 17.6 Å². The summed E-state index contributed by atoms with van der Waals surface area (Å²) in [6, 6.07) is 5.82. The maximum atomic E-state index is 12.0. The van der Waals surface area contributed by atoms with Gasteiger partial charge in [0.2, 0.25) is 5.91 Å². The molecule has 1 unspecified atom stereocenters. The molecule has 1 rings (SSSR count). The lowest BCUT2D eigenvalue weighted by molar-refractivity contribution is -0.384. The summed E-state index contributed by atoms with van der Waals surface area (Å²) >= 11 is 0. The highest BCUT2D eigenvalue weighted by atomic mass is 16.6. The largest absolute Gasteiger partial charge is 0.469 e. The van der Waals surface area contributed by atoms with E-state index in [4.69, 9.17) is 0 Å². The number of ether oxygens (including phenoxy) is 1. The fourth-order valence-corrected chi connectivity index (χ4v) is 1.83. The van der Waals surface area contributed by atoms with Crippen LogP contribution in [0, 0.1) is 16.0 Å². The lowest BCUT2D eigenvalue weighted by Gasteiger charge is -2.20. The van der Waals surface area contributed by atoms with E-state index < -0.39 is 10.8 Å². The third-order valence-electron chi connectivity index (χ3n) is 3.08. The molecule has 0 fully saturated rings. The highest BCUT2D eigenvalue weighted by molar-refractivity contribution is 5.79. The van der Waals surface area contributed by atoms with Crippen molar-refractivity contribution in [2.24, 2.45) is 5.92 Å². The Morgan fingerprint density at radius 2 is 1.90 bits per heavy atom. The summed E-state index contributed by atoms with van der Waals surface area (Å²) in [5.41, 5.74) is 0.669. The second-order valence-electron chi connectivity index (χ2n) is 4.80. The summed E-state index contributed by atoms with van der Waals surface area (Å²) < 4.78 is 4.61. The lowest BCUT2D eigenvalue weighted by Crippen LogP contribution is -2.35. The van der Waals surface area contributed by atoms with E-state index in [1.165, 1.54) is 24.1 Å². The van der Waals surface area contributed by atoms with Crippen LogP contribution in [-0.4, -0.2) is 42.4 Å². The highest BCUT2D eigenvalue weighted by Crippen LogP contribution is 2.13. The van der Waals surface area contributed by atoms with Crippen molar-refractivity contribution in [2.45, 2.75) is 13.3 Å². The van der Waals surface area contributed by atoms with Crippen molar-refractivity contribution in [3.63, 3.8) is 0 Å². The summed E-state index contributed by atoms with van der Waals surface area (Å²) in [4.78, 5) is 34.8. The van der Waals surface area contributed by atoms with Gasteiger partial charge in [-0.05, 0) is 5.56 Å². The van der Waals surface area contributed by atoms with Gasteiger partial charge in [0.1, 0.15) is 0 Å². The standard InChI is InChI=1S/C14H18N2O5/c1-10(14(18)21-3)9-15(2)13(17)8-11-4-6-12(7-5-11)16(19)20/h4-7,10H,8-9H2,1-3H3. The lowest BCUT2D eigenvalue weighted by atomic mass is 10.1. The molecule has 0 aliphatic rings. The molecule has 0 heterocycles. The minimum absolute atomic E-state index is 0.0149. The van der Waals surface area contributed by atoms with Gasteiger partial charge >= 0.3 is 5.97 Å². The van der Waals surface area contributed by atoms with E-state index in [-0.39, 0.29) is 30.5 Å². The van der Waals surface area contributed by atoms with Gasteiger partial charge in [-0.25, -0.2) is 0 Å². The number of nitro benzene ring substituents is 1. The van der Waals surface area contributed by atoms with Crippen molar-refractivity contribution in [2.75, 3.05) is 20.7 Å². The summed E-state index contributed by atoms with van der Waals surface area (Å²) in [6.45, 7) is 1.94. The van der Waals surface area contributed by atoms with Crippen molar-refractivity contribution in [3.8, 4) is 0 Å². The molecule has 0 saturated heterocycles. The summed E-state index contributed by atoms with van der Waals surface area (Å²) in [7, 11) is 2.91. The Balaban J connectivity index is 2.59. The number of non-ortho nitro benzene ring substituents is 1. The molecule has 1 atom stereocenters.